The maximum atomic E-state index is 4.16. The predicted octanol–water partition coefficient (Wildman–Crippen LogP) is 3.57. The van der Waals surface area contributed by atoms with Crippen LogP contribution >= 0.6 is 23.3 Å². The Balaban J connectivity index is 2.02. The molecule has 5 heteroatoms. The number of thioether (sulfide) groups is 1. The van der Waals surface area contributed by atoms with Gasteiger partial charge >= 0.3 is 0 Å². The van der Waals surface area contributed by atoms with Crippen LogP contribution in [0.15, 0.2) is 29.2 Å². The van der Waals surface area contributed by atoms with Crippen molar-refractivity contribution in [3.8, 4) is 0 Å². The SMILES string of the molecule is CCNc1snnc1CSc1ccccc1C. The molecule has 0 atom stereocenters. The summed E-state index contributed by atoms with van der Waals surface area (Å²) in [5.41, 5.74) is 2.36. The Morgan fingerprint density at radius 3 is 2.94 bits per heavy atom. The molecule has 0 fully saturated rings. The lowest BCUT2D eigenvalue weighted by atomic mass is 10.2. The van der Waals surface area contributed by atoms with Gasteiger partial charge in [0.15, 0.2) is 0 Å². The van der Waals surface area contributed by atoms with E-state index in [1.54, 1.807) is 0 Å². The summed E-state index contributed by atoms with van der Waals surface area (Å²) < 4.78 is 3.99. The van der Waals surface area contributed by atoms with Crippen LogP contribution in [0, 0.1) is 6.92 Å². The van der Waals surface area contributed by atoms with E-state index in [0.717, 1.165) is 23.0 Å². The smallest absolute Gasteiger partial charge is 0.134 e. The van der Waals surface area contributed by atoms with E-state index in [-0.39, 0.29) is 0 Å². The maximum absolute atomic E-state index is 4.16. The van der Waals surface area contributed by atoms with Gasteiger partial charge in [-0.3, -0.25) is 0 Å². The minimum absolute atomic E-state index is 0.865. The van der Waals surface area contributed by atoms with Crippen molar-refractivity contribution in [3.63, 3.8) is 0 Å². The van der Waals surface area contributed by atoms with Crippen LogP contribution < -0.4 is 5.32 Å². The van der Waals surface area contributed by atoms with Gasteiger partial charge in [0.1, 0.15) is 10.7 Å². The highest BCUT2D eigenvalue weighted by Gasteiger charge is 2.08. The standard InChI is InChI=1S/C12H15N3S2/c1-3-13-12-10(14-15-17-12)8-16-11-7-5-4-6-9(11)2/h4-7,13H,3,8H2,1-2H3. The zero-order valence-corrected chi connectivity index (χ0v) is 11.6. The molecule has 0 unspecified atom stereocenters. The van der Waals surface area contributed by atoms with Crippen molar-refractivity contribution in [2.45, 2.75) is 24.5 Å². The maximum Gasteiger partial charge on any atom is 0.134 e. The van der Waals surface area contributed by atoms with Gasteiger partial charge < -0.3 is 5.32 Å². The lowest BCUT2D eigenvalue weighted by Crippen LogP contribution is -1.97. The van der Waals surface area contributed by atoms with E-state index in [1.165, 1.54) is 22.0 Å². The summed E-state index contributed by atoms with van der Waals surface area (Å²) in [7, 11) is 0. The Bertz CT molecular complexity index is 482. The third-order valence-electron chi connectivity index (χ3n) is 2.35. The van der Waals surface area contributed by atoms with Gasteiger partial charge in [-0.1, -0.05) is 22.7 Å². The number of rotatable bonds is 5. The number of aromatic nitrogens is 2. The average molecular weight is 265 g/mol. The highest BCUT2D eigenvalue weighted by molar-refractivity contribution is 7.98. The minimum atomic E-state index is 0.865. The molecule has 0 spiro atoms. The second kappa shape index (κ2) is 6.02. The van der Waals surface area contributed by atoms with Crippen LogP contribution in [0.4, 0.5) is 5.00 Å². The molecular formula is C12H15N3S2. The molecule has 17 heavy (non-hydrogen) atoms. The van der Waals surface area contributed by atoms with E-state index >= 15 is 0 Å². The summed E-state index contributed by atoms with van der Waals surface area (Å²) in [6.07, 6.45) is 0. The zero-order chi connectivity index (χ0) is 12.1. The second-order valence-corrected chi connectivity index (χ2v) is 5.40. The molecule has 0 aliphatic rings. The van der Waals surface area contributed by atoms with E-state index in [1.807, 2.05) is 11.8 Å². The van der Waals surface area contributed by atoms with E-state index in [2.05, 4.69) is 53.0 Å². The molecule has 0 aliphatic heterocycles. The Kier molecular flexibility index (Phi) is 4.39. The molecule has 0 saturated heterocycles. The molecule has 2 aromatic rings. The third-order valence-corrected chi connectivity index (χ3v) is 4.26. The monoisotopic (exact) mass is 265 g/mol. The van der Waals surface area contributed by atoms with Gasteiger partial charge in [0.25, 0.3) is 0 Å². The number of benzene rings is 1. The summed E-state index contributed by atoms with van der Waals surface area (Å²) in [5.74, 6) is 0.865. The summed E-state index contributed by atoms with van der Waals surface area (Å²) in [6, 6.07) is 8.41. The van der Waals surface area contributed by atoms with Crippen molar-refractivity contribution in [2.24, 2.45) is 0 Å². The molecule has 0 bridgehead atoms. The average Bonchev–Trinajstić information content (AvgIpc) is 2.76. The first-order chi connectivity index (χ1) is 8.31. The summed E-state index contributed by atoms with van der Waals surface area (Å²) >= 11 is 3.24. The minimum Gasteiger partial charge on any atom is -0.374 e. The van der Waals surface area contributed by atoms with Crippen molar-refractivity contribution >= 4 is 28.3 Å². The van der Waals surface area contributed by atoms with Crippen molar-refractivity contribution in [3.05, 3.63) is 35.5 Å². The summed E-state index contributed by atoms with van der Waals surface area (Å²) in [6.45, 7) is 5.12. The van der Waals surface area contributed by atoms with Crippen LogP contribution in [-0.2, 0) is 5.75 Å². The van der Waals surface area contributed by atoms with E-state index in [0.29, 0.717) is 0 Å². The van der Waals surface area contributed by atoms with Crippen LogP contribution in [0.25, 0.3) is 0 Å². The normalized spacial score (nSPS) is 10.5. The topological polar surface area (TPSA) is 37.8 Å². The number of hydrogen-bond acceptors (Lipinski definition) is 5. The number of hydrogen-bond donors (Lipinski definition) is 1. The molecule has 1 heterocycles. The molecule has 90 valence electrons. The van der Waals surface area contributed by atoms with Gasteiger partial charge in [0.2, 0.25) is 0 Å². The molecule has 1 aromatic carbocycles. The number of nitrogens with one attached hydrogen (secondary N) is 1. The first-order valence-electron chi connectivity index (χ1n) is 5.54. The van der Waals surface area contributed by atoms with Gasteiger partial charge in [-0.25, -0.2) is 0 Å². The Labute approximate surface area is 110 Å². The molecule has 1 aromatic heterocycles. The lowest BCUT2D eigenvalue weighted by molar-refractivity contribution is 1.07. The fourth-order valence-electron chi connectivity index (χ4n) is 1.46. The van der Waals surface area contributed by atoms with Crippen molar-refractivity contribution in [1.29, 1.82) is 0 Å². The first kappa shape index (κ1) is 12.4. The van der Waals surface area contributed by atoms with Crippen molar-refractivity contribution in [2.75, 3.05) is 11.9 Å². The molecule has 0 aliphatic carbocycles. The lowest BCUT2D eigenvalue weighted by Gasteiger charge is -2.05. The molecule has 0 amide bonds. The highest BCUT2D eigenvalue weighted by Crippen LogP contribution is 2.28. The molecule has 3 nitrogen and oxygen atoms in total. The van der Waals surface area contributed by atoms with Crippen LogP contribution in [0.1, 0.15) is 18.2 Å². The van der Waals surface area contributed by atoms with Gasteiger partial charge in [-0.2, -0.15) is 0 Å². The summed E-state index contributed by atoms with van der Waals surface area (Å²) in [4.78, 5) is 1.31. The molecular weight excluding hydrogens is 250 g/mol. The molecule has 2 rings (SSSR count). The molecule has 1 N–H and O–H groups in total. The quantitative estimate of drug-likeness (QED) is 0.839. The van der Waals surface area contributed by atoms with Gasteiger partial charge in [-0.05, 0) is 25.5 Å². The predicted molar refractivity (Wildman–Crippen MR) is 74.8 cm³/mol. The van der Waals surface area contributed by atoms with Crippen LogP contribution in [0.3, 0.4) is 0 Å². The van der Waals surface area contributed by atoms with Crippen molar-refractivity contribution < 1.29 is 0 Å². The van der Waals surface area contributed by atoms with Gasteiger partial charge in [0.05, 0.1) is 0 Å². The van der Waals surface area contributed by atoms with E-state index in [4.69, 9.17) is 0 Å². The number of aryl methyl sites for hydroxylation is 1. The zero-order valence-electron chi connectivity index (χ0n) is 9.93. The third kappa shape index (κ3) is 3.20. The Morgan fingerprint density at radius 2 is 2.18 bits per heavy atom. The number of nitrogens with zero attached hydrogens (tertiary/aromatic N) is 2. The van der Waals surface area contributed by atoms with Crippen LogP contribution in [0.2, 0.25) is 0 Å². The molecule has 0 saturated carbocycles. The van der Waals surface area contributed by atoms with E-state index < -0.39 is 0 Å². The first-order valence-corrected chi connectivity index (χ1v) is 7.30. The van der Waals surface area contributed by atoms with Crippen molar-refractivity contribution in [1.82, 2.24) is 9.59 Å². The highest BCUT2D eigenvalue weighted by atomic mass is 32.2. The second-order valence-electron chi connectivity index (χ2n) is 3.63. The fourth-order valence-corrected chi connectivity index (χ4v) is 3.17. The van der Waals surface area contributed by atoms with Crippen LogP contribution in [0.5, 0.6) is 0 Å². The van der Waals surface area contributed by atoms with Crippen LogP contribution in [-0.4, -0.2) is 16.1 Å². The van der Waals surface area contributed by atoms with Gasteiger partial charge in [0, 0.05) is 28.7 Å². The largest absolute Gasteiger partial charge is 0.374 e. The number of anilines is 1. The van der Waals surface area contributed by atoms with Gasteiger partial charge in [-0.15, -0.1) is 16.9 Å². The summed E-state index contributed by atoms with van der Waals surface area (Å²) in [5, 5.41) is 8.54. The molecule has 0 radical (unpaired) electrons. The Morgan fingerprint density at radius 1 is 1.35 bits per heavy atom. The fraction of sp³-hybridized carbons (Fsp3) is 0.333. The Hall–Kier alpha value is -1.07. The van der Waals surface area contributed by atoms with E-state index in [9.17, 15) is 0 Å².